The van der Waals surface area contributed by atoms with Gasteiger partial charge in [0.25, 0.3) is 0 Å². The Bertz CT molecular complexity index is 206. The van der Waals surface area contributed by atoms with Crippen LogP contribution in [0.1, 0.15) is 39.5 Å². The van der Waals surface area contributed by atoms with Crippen LogP contribution in [-0.2, 0) is 4.74 Å². The highest BCUT2D eigenvalue weighted by molar-refractivity contribution is 4.87. The first-order valence-corrected chi connectivity index (χ1v) is 6.93. The lowest BCUT2D eigenvalue weighted by Crippen LogP contribution is -2.35. The largest absolute Gasteiger partial charge is 0.372 e. The summed E-state index contributed by atoms with van der Waals surface area (Å²) >= 11 is 0. The van der Waals surface area contributed by atoms with Gasteiger partial charge in [0.2, 0.25) is 0 Å². The standard InChI is InChI=1S/C13H26N2O/c1-3-14-9-12-7-8-13(16-12)10-15(4-2)11-5-6-11/h11-14H,3-10H2,1-2H3. The third kappa shape index (κ3) is 3.44. The minimum absolute atomic E-state index is 0.461. The second kappa shape index (κ2) is 5.99. The van der Waals surface area contributed by atoms with Gasteiger partial charge in [-0.2, -0.15) is 0 Å². The van der Waals surface area contributed by atoms with E-state index in [0.29, 0.717) is 12.2 Å². The van der Waals surface area contributed by atoms with Gasteiger partial charge < -0.3 is 10.1 Å². The fourth-order valence-electron chi connectivity index (χ4n) is 2.61. The summed E-state index contributed by atoms with van der Waals surface area (Å²) in [5.74, 6) is 0. The van der Waals surface area contributed by atoms with Crippen LogP contribution in [-0.4, -0.2) is 49.3 Å². The second-order valence-corrected chi connectivity index (χ2v) is 5.08. The lowest BCUT2D eigenvalue weighted by atomic mass is 10.2. The van der Waals surface area contributed by atoms with Gasteiger partial charge in [-0.05, 0) is 38.8 Å². The molecular formula is C13H26N2O. The first kappa shape index (κ1) is 12.3. The van der Waals surface area contributed by atoms with Crippen LogP contribution in [0.3, 0.4) is 0 Å². The van der Waals surface area contributed by atoms with Crippen molar-refractivity contribution >= 4 is 0 Å². The fraction of sp³-hybridized carbons (Fsp3) is 1.00. The van der Waals surface area contributed by atoms with E-state index >= 15 is 0 Å². The van der Waals surface area contributed by atoms with Crippen LogP contribution in [0.4, 0.5) is 0 Å². The van der Waals surface area contributed by atoms with Gasteiger partial charge in [0, 0.05) is 19.1 Å². The van der Waals surface area contributed by atoms with Gasteiger partial charge in [-0.3, -0.25) is 4.90 Å². The topological polar surface area (TPSA) is 24.5 Å². The summed E-state index contributed by atoms with van der Waals surface area (Å²) < 4.78 is 6.07. The molecule has 1 aliphatic carbocycles. The van der Waals surface area contributed by atoms with Crippen LogP contribution in [0.15, 0.2) is 0 Å². The Balaban J connectivity index is 1.67. The molecule has 0 radical (unpaired) electrons. The third-order valence-electron chi connectivity index (χ3n) is 3.73. The van der Waals surface area contributed by atoms with Crippen molar-refractivity contribution in [3.63, 3.8) is 0 Å². The van der Waals surface area contributed by atoms with E-state index in [0.717, 1.165) is 25.7 Å². The number of hydrogen-bond donors (Lipinski definition) is 1. The summed E-state index contributed by atoms with van der Waals surface area (Å²) in [4.78, 5) is 2.60. The Hall–Kier alpha value is -0.120. The molecule has 1 saturated carbocycles. The Kier molecular flexibility index (Phi) is 4.62. The lowest BCUT2D eigenvalue weighted by molar-refractivity contribution is 0.0229. The molecule has 94 valence electrons. The molecule has 16 heavy (non-hydrogen) atoms. The third-order valence-corrected chi connectivity index (χ3v) is 3.73. The minimum atomic E-state index is 0.461. The first-order valence-electron chi connectivity index (χ1n) is 6.93. The van der Waals surface area contributed by atoms with Gasteiger partial charge in [-0.1, -0.05) is 13.8 Å². The van der Waals surface area contributed by atoms with E-state index in [2.05, 4.69) is 24.1 Å². The number of likely N-dealkylation sites (N-methyl/N-ethyl adjacent to an activating group) is 2. The van der Waals surface area contributed by atoms with Gasteiger partial charge in [0.1, 0.15) is 0 Å². The molecule has 2 fully saturated rings. The molecule has 0 amide bonds. The van der Waals surface area contributed by atoms with Crippen molar-refractivity contribution in [1.29, 1.82) is 0 Å². The maximum atomic E-state index is 6.07. The summed E-state index contributed by atoms with van der Waals surface area (Å²) in [5, 5.41) is 3.37. The van der Waals surface area contributed by atoms with E-state index < -0.39 is 0 Å². The number of nitrogens with one attached hydrogen (secondary N) is 1. The predicted molar refractivity (Wildman–Crippen MR) is 66.7 cm³/mol. The Labute approximate surface area is 99.5 Å². The van der Waals surface area contributed by atoms with Crippen LogP contribution in [0, 0.1) is 0 Å². The summed E-state index contributed by atoms with van der Waals surface area (Å²) in [6.07, 6.45) is 6.24. The van der Waals surface area contributed by atoms with Gasteiger partial charge in [0.15, 0.2) is 0 Å². The number of ether oxygens (including phenoxy) is 1. The average Bonchev–Trinajstić information content (AvgIpc) is 3.04. The van der Waals surface area contributed by atoms with Crippen LogP contribution in [0.25, 0.3) is 0 Å². The normalized spacial score (nSPS) is 30.2. The summed E-state index contributed by atoms with van der Waals surface area (Å²) in [6.45, 7) is 8.84. The minimum Gasteiger partial charge on any atom is -0.372 e. The van der Waals surface area contributed by atoms with Gasteiger partial charge in [-0.25, -0.2) is 0 Å². The molecule has 0 aromatic heterocycles. The van der Waals surface area contributed by atoms with Crippen molar-refractivity contribution in [3.05, 3.63) is 0 Å². The van der Waals surface area contributed by atoms with Crippen molar-refractivity contribution < 1.29 is 4.74 Å². The van der Waals surface area contributed by atoms with Crippen LogP contribution >= 0.6 is 0 Å². The Morgan fingerprint density at radius 2 is 1.88 bits per heavy atom. The zero-order valence-corrected chi connectivity index (χ0v) is 10.7. The van der Waals surface area contributed by atoms with Crippen LogP contribution in [0.2, 0.25) is 0 Å². The second-order valence-electron chi connectivity index (χ2n) is 5.08. The van der Waals surface area contributed by atoms with Crippen molar-refractivity contribution in [1.82, 2.24) is 10.2 Å². The number of rotatable bonds is 7. The summed E-state index contributed by atoms with van der Waals surface area (Å²) in [6, 6.07) is 0.876. The highest BCUT2D eigenvalue weighted by Gasteiger charge is 2.32. The average molecular weight is 226 g/mol. The smallest absolute Gasteiger partial charge is 0.0707 e. The van der Waals surface area contributed by atoms with Crippen LogP contribution < -0.4 is 5.32 Å². The monoisotopic (exact) mass is 226 g/mol. The van der Waals surface area contributed by atoms with E-state index in [1.165, 1.54) is 32.2 Å². The zero-order valence-electron chi connectivity index (χ0n) is 10.7. The van der Waals surface area contributed by atoms with Crippen molar-refractivity contribution in [2.24, 2.45) is 0 Å². The first-order chi connectivity index (χ1) is 7.83. The van der Waals surface area contributed by atoms with E-state index in [1.807, 2.05) is 0 Å². The van der Waals surface area contributed by atoms with Crippen molar-refractivity contribution in [2.75, 3.05) is 26.2 Å². The highest BCUT2D eigenvalue weighted by Crippen LogP contribution is 2.29. The number of nitrogens with zero attached hydrogens (tertiary/aromatic N) is 1. The molecule has 1 aliphatic heterocycles. The highest BCUT2D eigenvalue weighted by atomic mass is 16.5. The van der Waals surface area contributed by atoms with Crippen molar-refractivity contribution in [2.45, 2.75) is 57.8 Å². The molecule has 1 saturated heterocycles. The summed E-state index contributed by atoms with van der Waals surface area (Å²) in [7, 11) is 0. The molecule has 0 aromatic carbocycles. The lowest BCUT2D eigenvalue weighted by Gasteiger charge is -2.24. The molecular weight excluding hydrogens is 200 g/mol. The van der Waals surface area contributed by atoms with E-state index in [4.69, 9.17) is 4.74 Å². The SMILES string of the molecule is CCNCC1CCC(CN(CC)C2CC2)O1. The predicted octanol–water partition coefficient (Wildman–Crippen LogP) is 1.63. The maximum absolute atomic E-state index is 6.07. The zero-order chi connectivity index (χ0) is 11.4. The molecule has 2 aliphatic rings. The van der Waals surface area contributed by atoms with Crippen LogP contribution in [0.5, 0.6) is 0 Å². The molecule has 0 aromatic rings. The summed E-state index contributed by atoms with van der Waals surface area (Å²) in [5.41, 5.74) is 0. The molecule has 0 bridgehead atoms. The number of hydrogen-bond acceptors (Lipinski definition) is 3. The van der Waals surface area contributed by atoms with E-state index in [1.54, 1.807) is 0 Å². The molecule has 2 rings (SSSR count). The molecule has 3 heteroatoms. The van der Waals surface area contributed by atoms with E-state index in [9.17, 15) is 0 Å². The molecule has 2 atom stereocenters. The van der Waals surface area contributed by atoms with Gasteiger partial charge in [0.05, 0.1) is 12.2 Å². The molecule has 2 unspecified atom stereocenters. The fourth-order valence-corrected chi connectivity index (χ4v) is 2.61. The Morgan fingerprint density at radius 1 is 1.12 bits per heavy atom. The van der Waals surface area contributed by atoms with E-state index in [-0.39, 0.29) is 0 Å². The molecule has 3 nitrogen and oxygen atoms in total. The quantitative estimate of drug-likeness (QED) is 0.714. The Morgan fingerprint density at radius 3 is 2.50 bits per heavy atom. The van der Waals surface area contributed by atoms with Gasteiger partial charge >= 0.3 is 0 Å². The molecule has 1 heterocycles. The molecule has 0 spiro atoms. The molecule has 1 N–H and O–H groups in total. The van der Waals surface area contributed by atoms with Gasteiger partial charge in [-0.15, -0.1) is 0 Å². The maximum Gasteiger partial charge on any atom is 0.0707 e. The van der Waals surface area contributed by atoms with Crippen molar-refractivity contribution in [3.8, 4) is 0 Å².